The Labute approximate surface area is 115 Å². The summed E-state index contributed by atoms with van der Waals surface area (Å²) in [5.74, 6) is -0.171. The average molecular weight is 284 g/mol. The largest absolute Gasteiger partial charge is 0.347 e. The molecule has 1 saturated carbocycles. The third kappa shape index (κ3) is 3.02. The predicted molar refractivity (Wildman–Crippen MR) is 71.1 cm³/mol. The molecule has 6 nitrogen and oxygen atoms in total. The van der Waals surface area contributed by atoms with Crippen LogP contribution in [0.4, 0.5) is 5.69 Å². The highest BCUT2D eigenvalue weighted by molar-refractivity contribution is 6.34. The molecule has 0 aromatic heterocycles. The smallest absolute Gasteiger partial charge is 0.283 e. The van der Waals surface area contributed by atoms with Crippen molar-refractivity contribution in [1.29, 1.82) is 0 Å². The standard InChI is InChI=1S/C12H14ClN3O3/c13-8-2-1-3-10(16(18)19)11(8)12(17)15-9(6-14)7-4-5-7/h1-3,7,9H,4-6,14H2,(H,15,17). The second-order valence-corrected chi connectivity index (χ2v) is 4.95. The number of nitro benzene ring substituents is 1. The Balaban J connectivity index is 2.25. The third-order valence-corrected chi connectivity index (χ3v) is 3.49. The van der Waals surface area contributed by atoms with Crippen molar-refractivity contribution in [2.24, 2.45) is 11.7 Å². The molecular weight excluding hydrogens is 270 g/mol. The molecule has 0 aliphatic heterocycles. The molecule has 3 N–H and O–H groups in total. The van der Waals surface area contributed by atoms with Gasteiger partial charge in [0.25, 0.3) is 11.6 Å². The molecule has 0 radical (unpaired) electrons. The van der Waals surface area contributed by atoms with Crippen molar-refractivity contribution in [2.45, 2.75) is 18.9 Å². The van der Waals surface area contributed by atoms with Gasteiger partial charge in [-0.2, -0.15) is 0 Å². The molecule has 1 unspecified atom stereocenters. The molecule has 1 aromatic carbocycles. The number of halogens is 1. The van der Waals surface area contributed by atoms with Crippen molar-refractivity contribution >= 4 is 23.2 Å². The Morgan fingerprint density at radius 2 is 2.26 bits per heavy atom. The molecular formula is C12H14ClN3O3. The van der Waals surface area contributed by atoms with Crippen molar-refractivity contribution < 1.29 is 9.72 Å². The predicted octanol–water partition coefficient (Wildman–Crippen LogP) is 1.72. The highest BCUT2D eigenvalue weighted by Gasteiger charge is 2.33. The first-order valence-corrected chi connectivity index (χ1v) is 6.36. The molecule has 1 aliphatic carbocycles. The monoisotopic (exact) mass is 283 g/mol. The molecule has 1 aromatic rings. The Hall–Kier alpha value is -1.66. The molecule has 1 aliphatic rings. The van der Waals surface area contributed by atoms with E-state index in [4.69, 9.17) is 17.3 Å². The lowest BCUT2D eigenvalue weighted by molar-refractivity contribution is -0.385. The number of nitro groups is 1. The first kappa shape index (κ1) is 13.8. The summed E-state index contributed by atoms with van der Waals surface area (Å²) in [7, 11) is 0. The molecule has 1 fully saturated rings. The van der Waals surface area contributed by atoms with Gasteiger partial charge >= 0.3 is 0 Å². The minimum absolute atomic E-state index is 0.0678. The van der Waals surface area contributed by atoms with Crippen molar-refractivity contribution in [3.05, 3.63) is 38.9 Å². The average Bonchev–Trinajstić information content (AvgIpc) is 3.19. The number of carbonyl (C=O) groups excluding carboxylic acids is 1. The highest BCUT2D eigenvalue weighted by Crippen LogP contribution is 2.33. The summed E-state index contributed by atoms with van der Waals surface area (Å²) >= 11 is 5.89. The van der Waals surface area contributed by atoms with Gasteiger partial charge in [0, 0.05) is 18.7 Å². The molecule has 102 valence electrons. The number of nitrogens with one attached hydrogen (secondary N) is 1. The van der Waals surface area contributed by atoms with E-state index in [1.807, 2.05) is 0 Å². The first-order chi connectivity index (χ1) is 9.04. The van der Waals surface area contributed by atoms with E-state index >= 15 is 0 Å². The molecule has 2 rings (SSSR count). The number of benzene rings is 1. The Kier molecular flexibility index (Phi) is 4.01. The minimum Gasteiger partial charge on any atom is -0.347 e. The van der Waals surface area contributed by atoms with E-state index in [-0.39, 0.29) is 22.3 Å². The zero-order valence-corrected chi connectivity index (χ0v) is 10.9. The van der Waals surface area contributed by atoms with Crippen LogP contribution in [-0.2, 0) is 0 Å². The summed E-state index contributed by atoms with van der Waals surface area (Å²) in [6.45, 7) is 0.314. The van der Waals surface area contributed by atoms with Crippen LogP contribution in [-0.4, -0.2) is 23.4 Å². The maximum atomic E-state index is 12.1. The zero-order chi connectivity index (χ0) is 14.0. The van der Waals surface area contributed by atoms with Crippen LogP contribution >= 0.6 is 11.6 Å². The number of rotatable bonds is 5. The summed E-state index contributed by atoms with van der Waals surface area (Å²) in [4.78, 5) is 22.4. The Morgan fingerprint density at radius 1 is 1.58 bits per heavy atom. The number of hydrogen-bond donors (Lipinski definition) is 2. The first-order valence-electron chi connectivity index (χ1n) is 5.98. The lowest BCUT2D eigenvalue weighted by atomic mass is 10.1. The summed E-state index contributed by atoms with van der Waals surface area (Å²) < 4.78 is 0. The number of amides is 1. The van der Waals surface area contributed by atoms with E-state index in [0.29, 0.717) is 12.5 Å². The SMILES string of the molecule is NCC(NC(=O)c1c(Cl)cccc1[N+](=O)[O-])C1CC1. The van der Waals surface area contributed by atoms with Gasteiger partial charge in [-0.3, -0.25) is 14.9 Å². The number of hydrogen-bond acceptors (Lipinski definition) is 4. The Morgan fingerprint density at radius 3 is 2.79 bits per heavy atom. The fourth-order valence-electron chi connectivity index (χ4n) is 2.00. The lowest BCUT2D eigenvalue weighted by Crippen LogP contribution is -2.42. The molecule has 19 heavy (non-hydrogen) atoms. The number of carbonyl (C=O) groups is 1. The van der Waals surface area contributed by atoms with Gasteiger partial charge in [0.15, 0.2) is 0 Å². The molecule has 0 saturated heterocycles. The van der Waals surface area contributed by atoms with Crippen molar-refractivity contribution in [2.75, 3.05) is 6.54 Å². The zero-order valence-electron chi connectivity index (χ0n) is 10.1. The van der Waals surface area contributed by atoms with E-state index < -0.39 is 10.8 Å². The summed E-state index contributed by atoms with van der Waals surface area (Å²) in [5.41, 5.74) is 5.20. The van der Waals surface area contributed by atoms with Crippen molar-refractivity contribution in [3.63, 3.8) is 0 Å². The van der Waals surface area contributed by atoms with Gasteiger partial charge in [-0.05, 0) is 24.8 Å². The fraction of sp³-hybridized carbons (Fsp3) is 0.417. The van der Waals surface area contributed by atoms with Crippen molar-refractivity contribution in [1.82, 2.24) is 5.32 Å². The second kappa shape index (κ2) is 5.54. The van der Waals surface area contributed by atoms with Crippen LogP contribution in [0.15, 0.2) is 18.2 Å². The molecule has 0 heterocycles. The molecule has 0 spiro atoms. The van der Waals surface area contributed by atoms with E-state index in [1.54, 1.807) is 0 Å². The van der Waals surface area contributed by atoms with Gasteiger partial charge in [0.2, 0.25) is 0 Å². The quantitative estimate of drug-likeness (QED) is 0.635. The molecule has 1 atom stereocenters. The van der Waals surface area contributed by atoms with Crippen molar-refractivity contribution in [3.8, 4) is 0 Å². The number of nitrogens with zero attached hydrogens (tertiary/aromatic N) is 1. The van der Waals surface area contributed by atoms with Crippen LogP contribution in [0, 0.1) is 16.0 Å². The van der Waals surface area contributed by atoms with E-state index in [1.165, 1.54) is 18.2 Å². The van der Waals surface area contributed by atoms with Crippen LogP contribution in [0.25, 0.3) is 0 Å². The van der Waals surface area contributed by atoms with Crippen LogP contribution in [0.3, 0.4) is 0 Å². The van der Waals surface area contributed by atoms with E-state index in [0.717, 1.165) is 12.8 Å². The van der Waals surface area contributed by atoms with E-state index in [9.17, 15) is 14.9 Å². The molecule has 7 heteroatoms. The van der Waals surface area contributed by atoms with Gasteiger partial charge < -0.3 is 11.1 Å². The van der Waals surface area contributed by atoms with Gasteiger partial charge in [-0.1, -0.05) is 17.7 Å². The van der Waals surface area contributed by atoms with Gasteiger partial charge in [0.05, 0.1) is 9.95 Å². The van der Waals surface area contributed by atoms with Crippen LogP contribution in [0.2, 0.25) is 5.02 Å². The maximum Gasteiger partial charge on any atom is 0.283 e. The molecule has 1 amide bonds. The van der Waals surface area contributed by atoms with Crippen LogP contribution in [0.5, 0.6) is 0 Å². The minimum atomic E-state index is -0.616. The molecule has 0 bridgehead atoms. The van der Waals surface area contributed by atoms with Gasteiger partial charge in [-0.25, -0.2) is 0 Å². The van der Waals surface area contributed by atoms with Gasteiger partial charge in [-0.15, -0.1) is 0 Å². The Bertz CT molecular complexity index is 517. The summed E-state index contributed by atoms with van der Waals surface area (Å²) in [5, 5.41) is 13.7. The van der Waals surface area contributed by atoms with Gasteiger partial charge in [0.1, 0.15) is 5.56 Å². The highest BCUT2D eigenvalue weighted by atomic mass is 35.5. The lowest BCUT2D eigenvalue weighted by Gasteiger charge is -2.16. The van der Waals surface area contributed by atoms with Crippen LogP contribution in [0.1, 0.15) is 23.2 Å². The summed E-state index contributed by atoms with van der Waals surface area (Å²) in [6, 6.07) is 4.01. The fourth-order valence-corrected chi connectivity index (χ4v) is 2.25. The summed E-state index contributed by atoms with van der Waals surface area (Å²) in [6.07, 6.45) is 2.04. The van der Waals surface area contributed by atoms with E-state index in [2.05, 4.69) is 5.32 Å². The van der Waals surface area contributed by atoms with Crippen LogP contribution < -0.4 is 11.1 Å². The third-order valence-electron chi connectivity index (χ3n) is 3.18. The maximum absolute atomic E-state index is 12.1. The number of nitrogens with two attached hydrogens (primary N) is 1. The second-order valence-electron chi connectivity index (χ2n) is 4.54. The topological polar surface area (TPSA) is 98.3 Å². The normalized spacial score (nSPS) is 15.9.